The van der Waals surface area contributed by atoms with Crippen LogP contribution in [0.2, 0.25) is 0 Å². The Hall–Kier alpha value is -3.45. The number of halogens is 1. The summed E-state index contributed by atoms with van der Waals surface area (Å²) in [5.41, 5.74) is 11.5. The zero-order chi connectivity index (χ0) is 21.2. The SMILES string of the molecule is NC(=NC(=NI)c1ccc2c(c1)c1ccccc1n2-c1ccccc1)c1ccccc1. The molecule has 150 valence electrons. The Morgan fingerprint density at radius 3 is 2.06 bits per heavy atom. The van der Waals surface area contributed by atoms with Gasteiger partial charge in [0.2, 0.25) is 0 Å². The van der Waals surface area contributed by atoms with E-state index in [2.05, 4.69) is 79.5 Å². The van der Waals surface area contributed by atoms with Gasteiger partial charge in [-0.1, -0.05) is 66.7 Å². The largest absolute Gasteiger partial charge is 0.383 e. The molecule has 31 heavy (non-hydrogen) atoms. The molecule has 0 fully saturated rings. The van der Waals surface area contributed by atoms with Crippen LogP contribution in [0.1, 0.15) is 11.1 Å². The van der Waals surface area contributed by atoms with Crippen molar-refractivity contribution in [3.05, 3.63) is 114 Å². The van der Waals surface area contributed by atoms with Gasteiger partial charge in [0.1, 0.15) is 5.84 Å². The van der Waals surface area contributed by atoms with Crippen LogP contribution in [0.3, 0.4) is 0 Å². The molecule has 4 aromatic carbocycles. The van der Waals surface area contributed by atoms with Gasteiger partial charge in [-0.3, -0.25) is 0 Å². The smallest absolute Gasteiger partial charge is 0.167 e. The van der Waals surface area contributed by atoms with Crippen molar-refractivity contribution in [2.75, 3.05) is 0 Å². The summed E-state index contributed by atoms with van der Waals surface area (Å²) in [5.74, 6) is 1.04. The summed E-state index contributed by atoms with van der Waals surface area (Å²) < 4.78 is 6.68. The molecule has 1 heterocycles. The molecule has 5 rings (SSSR count). The zero-order valence-corrected chi connectivity index (χ0v) is 18.8. The van der Waals surface area contributed by atoms with Crippen molar-refractivity contribution in [3.8, 4) is 5.69 Å². The van der Waals surface area contributed by atoms with Crippen molar-refractivity contribution >= 4 is 56.3 Å². The lowest BCUT2D eigenvalue weighted by molar-refractivity contribution is 1.18. The molecule has 0 bridgehead atoms. The summed E-state index contributed by atoms with van der Waals surface area (Å²) >= 11 is 1.98. The van der Waals surface area contributed by atoms with Crippen LogP contribution in [0.4, 0.5) is 0 Å². The third kappa shape index (κ3) is 3.61. The van der Waals surface area contributed by atoms with Crippen LogP contribution in [0, 0.1) is 0 Å². The lowest BCUT2D eigenvalue weighted by Gasteiger charge is -2.08. The predicted molar refractivity (Wildman–Crippen MR) is 139 cm³/mol. The van der Waals surface area contributed by atoms with Gasteiger partial charge in [-0.2, -0.15) is 3.21 Å². The fraction of sp³-hybridized carbons (Fsp3) is 0. The second kappa shape index (κ2) is 8.35. The topological polar surface area (TPSA) is 55.7 Å². The fourth-order valence-corrected chi connectivity index (χ4v) is 4.27. The first-order valence-corrected chi connectivity index (χ1v) is 10.9. The Morgan fingerprint density at radius 2 is 1.32 bits per heavy atom. The van der Waals surface area contributed by atoms with Gasteiger partial charge < -0.3 is 10.3 Å². The van der Waals surface area contributed by atoms with E-state index in [1.165, 1.54) is 10.9 Å². The van der Waals surface area contributed by atoms with Crippen LogP contribution in [0.15, 0.2) is 111 Å². The highest BCUT2D eigenvalue weighted by Gasteiger charge is 2.14. The maximum Gasteiger partial charge on any atom is 0.167 e. The Kier molecular flexibility index (Phi) is 5.26. The molecular formula is C26H19IN4. The molecule has 5 aromatic rings. The number of rotatable bonds is 3. The molecule has 0 radical (unpaired) electrons. The summed E-state index contributed by atoms with van der Waals surface area (Å²) in [5, 5.41) is 2.35. The van der Waals surface area contributed by atoms with E-state index in [-0.39, 0.29) is 0 Å². The van der Waals surface area contributed by atoms with Crippen molar-refractivity contribution < 1.29 is 0 Å². The Balaban J connectivity index is 1.68. The van der Waals surface area contributed by atoms with Crippen molar-refractivity contribution in [2.24, 2.45) is 13.9 Å². The minimum atomic E-state index is 0.447. The third-order valence-corrected chi connectivity index (χ3v) is 5.78. The minimum Gasteiger partial charge on any atom is -0.383 e. The lowest BCUT2D eigenvalue weighted by Crippen LogP contribution is -2.16. The van der Waals surface area contributed by atoms with Gasteiger partial charge in [0.25, 0.3) is 0 Å². The van der Waals surface area contributed by atoms with Crippen LogP contribution in [0.25, 0.3) is 27.5 Å². The molecule has 1 aromatic heterocycles. The summed E-state index contributed by atoms with van der Waals surface area (Å²) in [6, 6.07) is 34.9. The van der Waals surface area contributed by atoms with Gasteiger partial charge in [-0.15, -0.1) is 0 Å². The normalized spacial score (nSPS) is 12.5. The maximum absolute atomic E-state index is 6.25. The van der Waals surface area contributed by atoms with E-state index in [9.17, 15) is 0 Å². The molecule has 0 aliphatic rings. The molecule has 0 spiro atoms. The highest BCUT2D eigenvalue weighted by atomic mass is 127. The summed E-state index contributed by atoms with van der Waals surface area (Å²) in [7, 11) is 0. The number of fused-ring (bicyclic) bond motifs is 3. The Labute approximate surface area is 194 Å². The number of para-hydroxylation sites is 2. The number of nitrogens with two attached hydrogens (primary N) is 1. The van der Waals surface area contributed by atoms with Gasteiger partial charge in [-0.25, -0.2) is 4.99 Å². The molecule has 0 aliphatic heterocycles. The van der Waals surface area contributed by atoms with E-state index in [1.807, 2.05) is 59.3 Å². The second-order valence-corrected chi connectivity index (χ2v) is 7.67. The van der Waals surface area contributed by atoms with Gasteiger partial charge in [0.15, 0.2) is 5.84 Å². The Morgan fingerprint density at radius 1 is 0.677 bits per heavy atom. The number of aromatic nitrogens is 1. The monoisotopic (exact) mass is 514 g/mol. The van der Waals surface area contributed by atoms with Gasteiger partial charge in [-0.05, 0) is 36.4 Å². The molecule has 0 saturated heterocycles. The van der Waals surface area contributed by atoms with Crippen molar-refractivity contribution in [2.45, 2.75) is 0 Å². The van der Waals surface area contributed by atoms with Crippen molar-refractivity contribution in [3.63, 3.8) is 0 Å². The summed E-state index contributed by atoms with van der Waals surface area (Å²) in [4.78, 5) is 4.62. The molecule has 0 aliphatic carbocycles. The lowest BCUT2D eigenvalue weighted by atomic mass is 10.1. The van der Waals surface area contributed by atoms with E-state index in [0.29, 0.717) is 11.7 Å². The number of aliphatic imine (C=N–C) groups is 1. The van der Waals surface area contributed by atoms with E-state index in [0.717, 1.165) is 27.7 Å². The quantitative estimate of drug-likeness (QED) is 0.172. The predicted octanol–water partition coefficient (Wildman–Crippen LogP) is 6.29. The maximum atomic E-state index is 6.25. The number of benzene rings is 4. The fourth-order valence-electron chi connectivity index (χ4n) is 3.89. The van der Waals surface area contributed by atoms with Crippen LogP contribution < -0.4 is 5.73 Å². The molecule has 2 N–H and O–H groups in total. The molecule has 0 unspecified atom stereocenters. The van der Waals surface area contributed by atoms with Gasteiger partial charge >= 0.3 is 0 Å². The number of hydrogen-bond donors (Lipinski definition) is 1. The van der Waals surface area contributed by atoms with E-state index in [4.69, 9.17) is 5.73 Å². The number of nitrogens with zero attached hydrogens (tertiary/aromatic N) is 3. The summed E-state index contributed by atoms with van der Waals surface area (Å²) in [6.07, 6.45) is 0. The van der Waals surface area contributed by atoms with E-state index >= 15 is 0 Å². The van der Waals surface area contributed by atoms with Crippen LogP contribution in [-0.2, 0) is 0 Å². The molecule has 0 atom stereocenters. The number of amidine groups is 2. The van der Waals surface area contributed by atoms with E-state index < -0.39 is 0 Å². The zero-order valence-electron chi connectivity index (χ0n) is 16.6. The summed E-state index contributed by atoms with van der Waals surface area (Å²) in [6.45, 7) is 0. The molecule has 0 amide bonds. The Bertz CT molecular complexity index is 1430. The number of hydrogen-bond acceptors (Lipinski definition) is 1. The average molecular weight is 514 g/mol. The standard InChI is InChI=1S/C26H19IN4/c27-30-26(29-25(28)18-9-3-1-4-10-18)19-15-16-24-22(17-19)21-13-7-8-14-23(21)31(24)20-11-5-2-6-12-20/h1-17H,(H2,28,29,30). The molecule has 4 nitrogen and oxygen atoms in total. The van der Waals surface area contributed by atoms with Crippen LogP contribution in [0.5, 0.6) is 0 Å². The minimum absolute atomic E-state index is 0.447. The van der Waals surface area contributed by atoms with Gasteiger partial charge in [0.05, 0.1) is 33.9 Å². The van der Waals surface area contributed by atoms with E-state index in [1.54, 1.807) is 0 Å². The van der Waals surface area contributed by atoms with Gasteiger partial charge in [0, 0.05) is 27.6 Å². The molecule has 0 saturated carbocycles. The third-order valence-electron chi connectivity index (χ3n) is 5.32. The average Bonchev–Trinajstić information content (AvgIpc) is 3.17. The second-order valence-electron chi connectivity index (χ2n) is 7.19. The highest BCUT2D eigenvalue weighted by Crippen LogP contribution is 2.32. The first kappa shape index (κ1) is 19.5. The first-order chi connectivity index (χ1) is 15.3. The van der Waals surface area contributed by atoms with Crippen molar-refractivity contribution in [1.29, 1.82) is 0 Å². The first-order valence-electron chi connectivity index (χ1n) is 9.94. The van der Waals surface area contributed by atoms with Crippen LogP contribution in [-0.4, -0.2) is 16.2 Å². The molecular weight excluding hydrogens is 495 g/mol. The highest BCUT2D eigenvalue weighted by molar-refractivity contribution is 14.1. The van der Waals surface area contributed by atoms with Crippen LogP contribution >= 0.6 is 22.9 Å². The molecule has 5 heteroatoms. The van der Waals surface area contributed by atoms with Crippen molar-refractivity contribution in [1.82, 2.24) is 4.57 Å².